The number of rotatable bonds is 2. The summed E-state index contributed by atoms with van der Waals surface area (Å²) in [5.41, 5.74) is 0.664. The van der Waals surface area contributed by atoms with Crippen LogP contribution in [0.15, 0.2) is 16.6 Å². The summed E-state index contributed by atoms with van der Waals surface area (Å²) in [6, 6.07) is 2.99. The van der Waals surface area contributed by atoms with Crippen molar-refractivity contribution in [2.45, 2.75) is 6.92 Å². The lowest BCUT2D eigenvalue weighted by Crippen LogP contribution is -1.94. The number of nitrogens with zero attached hydrogens (tertiary/aromatic N) is 1. The summed E-state index contributed by atoms with van der Waals surface area (Å²) in [6.45, 7) is 1.67. The Balaban J connectivity index is 3.31. The number of hydrogen-bond donors (Lipinski definition) is 0. The predicted octanol–water partition coefficient (Wildman–Crippen LogP) is 2.67. The first-order valence-corrected chi connectivity index (χ1v) is 4.34. The molecule has 1 rings (SSSR count). The van der Waals surface area contributed by atoms with Crippen LogP contribution in [0.2, 0.25) is 0 Å². The first-order valence-electron chi connectivity index (χ1n) is 3.55. The van der Waals surface area contributed by atoms with E-state index in [1.165, 1.54) is 13.2 Å². The number of nitro benzene ring substituents is 1. The van der Waals surface area contributed by atoms with E-state index >= 15 is 0 Å². The number of halogens is 1. The molecule has 0 aliphatic heterocycles. The SMILES string of the molecule is COc1ccc([N+](=O)[O-])c(C)c1Br. The van der Waals surface area contributed by atoms with Crippen molar-refractivity contribution in [2.75, 3.05) is 7.11 Å². The van der Waals surface area contributed by atoms with E-state index in [2.05, 4.69) is 15.9 Å². The topological polar surface area (TPSA) is 52.4 Å². The van der Waals surface area contributed by atoms with Gasteiger partial charge in [-0.1, -0.05) is 0 Å². The van der Waals surface area contributed by atoms with E-state index in [0.29, 0.717) is 15.8 Å². The summed E-state index contributed by atoms with van der Waals surface area (Å²) in [5, 5.41) is 10.5. The molecular weight excluding hydrogens is 238 g/mol. The first-order chi connectivity index (χ1) is 6.07. The fraction of sp³-hybridized carbons (Fsp3) is 0.250. The molecule has 0 spiro atoms. The van der Waals surface area contributed by atoms with E-state index in [4.69, 9.17) is 4.74 Å². The van der Waals surface area contributed by atoms with Crippen LogP contribution in [-0.4, -0.2) is 12.0 Å². The summed E-state index contributed by atoms with van der Waals surface area (Å²) < 4.78 is 5.62. The van der Waals surface area contributed by atoms with Crippen LogP contribution in [0, 0.1) is 17.0 Å². The predicted molar refractivity (Wildman–Crippen MR) is 52.1 cm³/mol. The zero-order valence-electron chi connectivity index (χ0n) is 7.20. The van der Waals surface area contributed by atoms with Gasteiger partial charge < -0.3 is 4.74 Å². The zero-order chi connectivity index (χ0) is 10.0. The summed E-state index contributed by atoms with van der Waals surface area (Å²) >= 11 is 3.23. The van der Waals surface area contributed by atoms with Crippen LogP contribution in [0.3, 0.4) is 0 Å². The number of methoxy groups -OCH3 is 1. The highest BCUT2D eigenvalue weighted by Gasteiger charge is 2.15. The smallest absolute Gasteiger partial charge is 0.273 e. The lowest BCUT2D eigenvalue weighted by Gasteiger charge is -2.05. The fourth-order valence-corrected chi connectivity index (χ4v) is 1.50. The molecule has 0 aliphatic rings. The quantitative estimate of drug-likeness (QED) is 0.595. The van der Waals surface area contributed by atoms with Gasteiger partial charge in [0.25, 0.3) is 5.69 Å². The normalized spacial score (nSPS) is 9.77. The maximum Gasteiger partial charge on any atom is 0.273 e. The van der Waals surface area contributed by atoms with Gasteiger partial charge >= 0.3 is 0 Å². The first kappa shape index (κ1) is 9.98. The van der Waals surface area contributed by atoms with Gasteiger partial charge in [-0.2, -0.15) is 0 Å². The number of ether oxygens (including phenoxy) is 1. The molecule has 0 saturated carbocycles. The Labute approximate surface area is 83.8 Å². The van der Waals surface area contributed by atoms with Crippen LogP contribution in [0.1, 0.15) is 5.56 Å². The maximum atomic E-state index is 10.5. The van der Waals surface area contributed by atoms with Gasteiger partial charge in [0.1, 0.15) is 5.75 Å². The highest BCUT2D eigenvalue weighted by Crippen LogP contribution is 2.33. The molecule has 1 aromatic rings. The van der Waals surface area contributed by atoms with Crippen molar-refractivity contribution in [1.82, 2.24) is 0 Å². The molecule has 0 aromatic heterocycles. The second-order valence-electron chi connectivity index (χ2n) is 2.48. The second kappa shape index (κ2) is 3.74. The van der Waals surface area contributed by atoms with E-state index in [-0.39, 0.29) is 5.69 Å². The molecule has 0 saturated heterocycles. The molecule has 13 heavy (non-hydrogen) atoms. The van der Waals surface area contributed by atoms with E-state index in [1.54, 1.807) is 13.0 Å². The van der Waals surface area contributed by atoms with Gasteiger partial charge in [0.2, 0.25) is 0 Å². The average molecular weight is 246 g/mol. The molecule has 5 heteroatoms. The Morgan fingerprint density at radius 3 is 2.62 bits per heavy atom. The summed E-state index contributed by atoms with van der Waals surface area (Å²) in [6.07, 6.45) is 0. The van der Waals surface area contributed by atoms with Crippen molar-refractivity contribution in [3.8, 4) is 5.75 Å². The van der Waals surface area contributed by atoms with Crippen molar-refractivity contribution in [3.63, 3.8) is 0 Å². The van der Waals surface area contributed by atoms with Gasteiger partial charge in [0.05, 0.1) is 16.5 Å². The largest absolute Gasteiger partial charge is 0.496 e. The Hall–Kier alpha value is -1.10. The molecule has 0 atom stereocenters. The molecular formula is C8H8BrNO3. The highest BCUT2D eigenvalue weighted by molar-refractivity contribution is 9.10. The van der Waals surface area contributed by atoms with E-state index in [9.17, 15) is 10.1 Å². The van der Waals surface area contributed by atoms with Crippen LogP contribution < -0.4 is 4.74 Å². The van der Waals surface area contributed by atoms with E-state index in [1.807, 2.05) is 0 Å². The minimum atomic E-state index is -0.417. The van der Waals surface area contributed by atoms with Gasteiger partial charge in [-0.25, -0.2) is 0 Å². The van der Waals surface area contributed by atoms with Crippen LogP contribution in [-0.2, 0) is 0 Å². The van der Waals surface area contributed by atoms with Gasteiger partial charge in [-0.05, 0) is 28.9 Å². The molecule has 0 bridgehead atoms. The van der Waals surface area contributed by atoms with Crippen LogP contribution in [0.25, 0.3) is 0 Å². The molecule has 4 nitrogen and oxygen atoms in total. The molecule has 70 valence electrons. The fourth-order valence-electron chi connectivity index (χ4n) is 1.01. The van der Waals surface area contributed by atoms with Gasteiger partial charge in [-0.15, -0.1) is 0 Å². The summed E-state index contributed by atoms with van der Waals surface area (Å²) in [5.74, 6) is 0.600. The third kappa shape index (κ3) is 1.80. The van der Waals surface area contributed by atoms with Gasteiger partial charge in [0.15, 0.2) is 0 Å². The Bertz CT molecular complexity index is 351. The summed E-state index contributed by atoms with van der Waals surface area (Å²) in [4.78, 5) is 10.1. The molecule has 0 amide bonds. The third-order valence-corrected chi connectivity index (χ3v) is 2.72. The Morgan fingerprint density at radius 1 is 1.54 bits per heavy atom. The van der Waals surface area contributed by atoms with Crippen molar-refractivity contribution >= 4 is 21.6 Å². The minimum absolute atomic E-state index is 0.0904. The average Bonchev–Trinajstić information content (AvgIpc) is 2.09. The van der Waals surface area contributed by atoms with Gasteiger partial charge in [0, 0.05) is 11.6 Å². The highest BCUT2D eigenvalue weighted by atomic mass is 79.9. The van der Waals surface area contributed by atoms with Crippen molar-refractivity contribution in [3.05, 3.63) is 32.3 Å². The number of benzene rings is 1. The minimum Gasteiger partial charge on any atom is -0.496 e. The van der Waals surface area contributed by atoms with Gasteiger partial charge in [-0.3, -0.25) is 10.1 Å². The second-order valence-corrected chi connectivity index (χ2v) is 3.28. The zero-order valence-corrected chi connectivity index (χ0v) is 8.79. The molecule has 0 N–H and O–H groups in total. The van der Waals surface area contributed by atoms with Crippen LogP contribution >= 0.6 is 15.9 Å². The summed E-state index contributed by atoms with van der Waals surface area (Å²) in [7, 11) is 1.52. The molecule has 0 radical (unpaired) electrons. The molecule has 0 heterocycles. The van der Waals surface area contributed by atoms with Crippen molar-refractivity contribution < 1.29 is 9.66 Å². The van der Waals surface area contributed by atoms with Crippen LogP contribution in [0.5, 0.6) is 5.75 Å². The lowest BCUT2D eigenvalue weighted by molar-refractivity contribution is -0.385. The number of nitro groups is 1. The van der Waals surface area contributed by atoms with Crippen molar-refractivity contribution in [1.29, 1.82) is 0 Å². The molecule has 1 aromatic carbocycles. The van der Waals surface area contributed by atoms with E-state index in [0.717, 1.165) is 0 Å². The maximum absolute atomic E-state index is 10.5. The molecule has 0 aliphatic carbocycles. The van der Waals surface area contributed by atoms with Crippen LogP contribution in [0.4, 0.5) is 5.69 Å². The van der Waals surface area contributed by atoms with Crippen molar-refractivity contribution in [2.24, 2.45) is 0 Å². The number of hydrogen-bond acceptors (Lipinski definition) is 3. The monoisotopic (exact) mass is 245 g/mol. The Kier molecular flexibility index (Phi) is 2.87. The lowest BCUT2D eigenvalue weighted by atomic mass is 10.2. The Morgan fingerprint density at radius 2 is 2.15 bits per heavy atom. The van der Waals surface area contributed by atoms with E-state index < -0.39 is 4.92 Å². The molecule has 0 fully saturated rings. The molecule has 0 unspecified atom stereocenters. The third-order valence-electron chi connectivity index (χ3n) is 1.74. The standard InChI is InChI=1S/C8H8BrNO3/c1-5-6(10(11)12)3-4-7(13-2)8(5)9/h3-4H,1-2H3.